The molecule has 1 amide bonds. The molecule has 4 nitrogen and oxygen atoms in total. The van der Waals surface area contributed by atoms with Crippen LogP contribution in [0.3, 0.4) is 0 Å². The van der Waals surface area contributed by atoms with Crippen molar-refractivity contribution in [3.63, 3.8) is 0 Å². The summed E-state index contributed by atoms with van der Waals surface area (Å²) in [4.78, 5) is 16.8. The van der Waals surface area contributed by atoms with Gasteiger partial charge in [0.2, 0.25) is 0 Å². The van der Waals surface area contributed by atoms with Crippen LogP contribution in [0, 0.1) is 0 Å². The summed E-state index contributed by atoms with van der Waals surface area (Å²) in [6, 6.07) is 17.9. The predicted octanol–water partition coefficient (Wildman–Crippen LogP) is 3.31. The van der Waals surface area contributed by atoms with Crippen molar-refractivity contribution in [2.24, 2.45) is 0 Å². The number of benzene rings is 2. The molecule has 1 N–H and O–H groups in total. The smallest absolute Gasteiger partial charge is 0.253 e. The van der Waals surface area contributed by atoms with E-state index in [1.165, 1.54) is 6.42 Å². The van der Waals surface area contributed by atoms with Crippen LogP contribution in [-0.2, 0) is 6.54 Å². The van der Waals surface area contributed by atoms with E-state index in [2.05, 4.69) is 4.90 Å². The molecule has 2 aromatic rings. The van der Waals surface area contributed by atoms with E-state index in [-0.39, 0.29) is 12.5 Å². The molecule has 0 spiro atoms. The Hall–Kier alpha value is -2.33. The van der Waals surface area contributed by atoms with E-state index in [9.17, 15) is 9.90 Å². The standard InChI is InChI=1S/C21H26N2O2/c24-15-14-23(20-10-3-1-4-11-20)17-18-8-7-9-19(16-18)21(25)22-12-5-2-6-13-22/h1,3-4,7-11,16,24H,2,5-6,12-15,17H2. The van der Waals surface area contributed by atoms with Gasteiger partial charge in [-0.2, -0.15) is 0 Å². The van der Waals surface area contributed by atoms with Crippen LogP contribution in [0.5, 0.6) is 0 Å². The molecule has 0 bridgehead atoms. The fourth-order valence-electron chi connectivity index (χ4n) is 3.36. The summed E-state index contributed by atoms with van der Waals surface area (Å²) in [6.07, 6.45) is 3.42. The Kier molecular flexibility index (Phi) is 6.07. The number of aliphatic hydroxyl groups excluding tert-OH is 1. The van der Waals surface area contributed by atoms with E-state index in [1.807, 2.05) is 59.5 Å². The predicted molar refractivity (Wildman–Crippen MR) is 101 cm³/mol. The lowest BCUT2D eigenvalue weighted by Crippen LogP contribution is -2.35. The minimum Gasteiger partial charge on any atom is -0.395 e. The van der Waals surface area contributed by atoms with Gasteiger partial charge in [0.1, 0.15) is 0 Å². The highest BCUT2D eigenvalue weighted by atomic mass is 16.3. The number of aliphatic hydroxyl groups is 1. The molecule has 1 saturated heterocycles. The van der Waals surface area contributed by atoms with Crippen molar-refractivity contribution in [3.8, 4) is 0 Å². The summed E-state index contributed by atoms with van der Waals surface area (Å²) >= 11 is 0. The Balaban J connectivity index is 1.74. The summed E-state index contributed by atoms with van der Waals surface area (Å²) in [5.41, 5.74) is 2.92. The summed E-state index contributed by atoms with van der Waals surface area (Å²) in [5, 5.41) is 9.39. The number of piperidine rings is 1. The van der Waals surface area contributed by atoms with E-state index in [0.717, 1.165) is 42.7 Å². The highest BCUT2D eigenvalue weighted by Gasteiger charge is 2.18. The summed E-state index contributed by atoms with van der Waals surface area (Å²) in [7, 11) is 0. The highest BCUT2D eigenvalue weighted by molar-refractivity contribution is 5.94. The third kappa shape index (κ3) is 4.60. The number of anilines is 1. The molecule has 0 atom stereocenters. The maximum atomic E-state index is 12.7. The van der Waals surface area contributed by atoms with E-state index in [0.29, 0.717) is 13.1 Å². The van der Waals surface area contributed by atoms with Crippen LogP contribution < -0.4 is 4.90 Å². The largest absolute Gasteiger partial charge is 0.395 e. The summed E-state index contributed by atoms with van der Waals surface area (Å²) in [6.45, 7) is 3.06. The molecule has 1 aliphatic rings. The average molecular weight is 338 g/mol. The fraction of sp³-hybridized carbons (Fsp3) is 0.381. The van der Waals surface area contributed by atoms with E-state index in [1.54, 1.807) is 0 Å². The number of carbonyl (C=O) groups excluding carboxylic acids is 1. The molecular weight excluding hydrogens is 312 g/mol. The van der Waals surface area contributed by atoms with Crippen LogP contribution in [-0.4, -0.2) is 42.2 Å². The molecule has 0 unspecified atom stereocenters. The normalized spacial score (nSPS) is 14.4. The molecule has 4 heteroatoms. The van der Waals surface area contributed by atoms with E-state index < -0.39 is 0 Å². The van der Waals surface area contributed by atoms with Crippen molar-refractivity contribution in [2.75, 3.05) is 31.1 Å². The number of hydrogen-bond donors (Lipinski definition) is 1. The zero-order valence-corrected chi connectivity index (χ0v) is 14.6. The molecule has 0 saturated carbocycles. The monoisotopic (exact) mass is 338 g/mol. The first-order valence-corrected chi connectivity index (χ1v) is 9.07. The number of amides is 1. The zero-order valence-electron chi connectivity index (χ0n) is 14.6. The van der Waals surface area contributed by atoms with Crippen LogP contribution in [0.2, 0.25) is 0 Å². The van der Waals surface area contributed by atoms with Gasteiger partial charge in [-0.05, 0) is 49.1 Å². The zero-order chi connectivity index (χ0) is 17.5. The number of carbonyl (C=O) groups is 1. The molecule has 0 radical (unpaired) electrons. The molecule has 1 heterocycles. The molecule has 0 aliphatic carbocycles. The van der Waals surface area contributed by atoms with Gasteiger partial charge in [0, 0.05) is 37.4 Å². The second-order valence-corrected chi connectivity index (χ2v) is 6.53. The molecule has 3 rings (SSSR count). The van der Waals surface area contributed by atoms with Crippen molar-refractivity contribution in [1.29, 1.82) is 0 Å². The van der Waals surface area contributed by atoms with Gasteiger partial charge in [0.25, 0.3) is 5.91 Å². The van der Waals surface area contributed by atoms with Gasteiger partial charge in [-0.1, -0.05) is 30.3 Å². The lowest BCUT2D eigenvalue weighted by atomic mass is 10.1. The first-order valence-electron chi connectivity index (χ1n) is 9.07. The maximum Gasteiger partial charge on any atom is 0.253 e. The first-order chi connectivity index (χ1) is 12.3. The molecule has 1 aliphatic heterocycles. The van der Waals surface area contributed by atoms with Crippen molar-refractivity contribution in [3.05, 3.63) is 65.7 Å². The van der Waals surface area contributed by atoms with Gasteiger partial charge in [-0.25, -0.2) is 0 Å². The lowest BCUT2D eigenvalue weighted by Gasteiger charge is -2.27. The Morgan fingerprint density at radius 2 is 1.76 bits per heavy atom. The minimum absolute atomic E-state index is 0.0985. The van der Waals surface area contributed by atoms with Gasteiger partial charge in [0.15, 0.2) is 0 Å². The van der Waals surface area contributed by atoms with Gasteiger partial charge in [-0.3, -0.25) is 4.79 Å². The second-order valence-electron chi connectivity index (χ2n) is 6.53. The van der Waals surface area contributed by atoms with E-state index >= 15 is 0 Å². The number of nitrogens with zero attached hydrogens (tertiary/aromatic N) is 2. The maximum absolute atomic E-state index is 12.7. The van der Waals surface area contributed by atoms with Crippen molar-refractivity contribution in [1.82, 2.24) is 4.90 Å². The Morgan fingerprint density at radius 3 is 2.48 bits per heavy atom. The molecule has 2 aromatic carbocycles. The number of likely N-dealkylation sites (tertiary alicyclic amines) is 1. The van der Waals surface area contributed by atoms with Gasteiger partial charge < -0.3 is 14.9 Å². The van der Waals surface area contributed by atoms with Gasteiger partial charge in [0.05, 0.1) is 6.61 Å². The highest BCUT2D eigenvalue weighted by Crippen LogP contribution is 2.19. The average Bonchev–Trinajstić information content (AvgIpc) is 2.69. The summed E-state index contributed by atoms with van der Waals surface area (Å²) < 4.78 is 0. The quantitative estimate of drug-likeness (QED) is 0.879. The molecule has 1 fully saturated rings. The lowest BCUT2D eigenvalue weighted by molar-refractivity contribution is 0.0724. The molecule has 25 heavy (non-hydrogen) atoms. The Labute approximate surface area is 149 Å². The number of hydrogen-bond acceptors (Lipinski definition) is 3. The Bertz CT molecular complexity index is 681. The van der Waals surface area contributed by atoms with E-state index in [4.69, 9.17) is 0 Å². The van der Waals surface area contributed by atoms with Crippen LogP contribution >= 0.6 is 0 Å². The van der Waals surface area contributed by atoms with Crippen molar-refractivity contribution in [2.45, 2.75) is 25.8 Å². The molecular formula is C21H26N2O2. The molecule has 132 valence electrons. The topological polar surface area (TPSA) is 43.8 Å². The summed E-state index contributed by atoms with van der Waals surface area (Å²) in [5.74, 6) is 0.134. The second kappa shape index (κ2) is 8.67. The van der Waals surface area contributed by atoms with Gasteiger partial charge in [-0.15, -0.1) is 0 Å². The third-order valence-electron chi connectivity index (χ3n) is 4.68. The van der Waals surface area contributed by atoms with Crippen LogP contribution in [0.15, 0.2) is 54.6 Å². The SMILES string of the molecule is O=C(c1cccc(CN(CCO)c2ccccc2)c1)N1CCCCC1. The number of para-hydroxylation sites is 1. The number of rotatable bonds is 6. The van der Waals surface area contributed by atoms with Gasteiger partial charge >= 0.3 is 0 Å². The van der Waals surface area contributed by atoms with Crippen molar-refractivity contribution >= 4 is 11.6 Å². The molecule has 0 aromatic heterocycles. The van der Waals surface area contributed by atoms with Crippen LogP contribution in [0.4, 0.5) is 5.69 Å². The minimum atomic E-state index is 0.0985. The Morgan fingerprint density at radius 1 is 1.00 bits per heavy atom. The van der Waals surface area contributed by atoms with Crippen molar-refractivity contribution < 1.29 is 9.90 Å². The van der Waals surface area contributed by atoms with Crippen LogP contribution in [0.25, 0.3) is 0 Å². The fourth-order valence-corrected chi connectivity index (χ4v) is 3.36. The third-order valence-corrected chi connectivity index (χ3v) is 4.68. The van der Waals surface area contributed by atoms with Crippen LogP contribution in [0.1, 0.15) is 35.2 Å². The first kappa shape index (κ1) is 17.5.